The maximum Gasteiger partial charge on any atom is 0.158 e. The lowest BCUT2D eigenvalue weighted by molar-refractivity contribution is -0.151. The Morgan fingerprint density at radius 1 is 1.58 bits per heavy atom. The van der Waals surface area contributed by atoms with Crippen molar-refractivity contribution in [2.75, 3.05) is 6.56 Å². The fraction of sp³-hybridized carbons (Fsp3) is 1.00. The molecule has 4 atom stereocenters. The fourth-order valence-electron chi connectivity index (χ4n) is 1.57. The number of hydrogen-bond acceptors (Lipinski definition) is 3. The number of rotatable bonds is 1. The molecule has 70 valence electrons. The molecule has 0 spiro atoms. The minimum absolute atomic E-state index is 0.114. The SMILES string of the molecule is [2H]C1([2H])O[C@H]2O[C@@H]1[C@@H](O)[C@H](C(C)C)C2([2H])[2H]. The average Bonchev–Trinajstić information content (AvgIpc) is 2.36. The van der Waals surface area contributed by atoms with E-state index >= 15 is 0 Å². The summed E-state index contributed by atoms with van der Waals surface area (Å²) >= 11 is 0. The zero-order valence-corrected chi connectivity index (χ0v) is 7.15. The molecular weight excluding hydrogens is 156 g/mol. The van der Waals surface area contributed by atoms with Crippen LogP contribution in [-0.4, -0.2) is 30.2 Å². The van der Waals surface area contributed by atoms with Crippen molar-refractivity contribution in [3.63, 3.8) is 0 Å². The van der Waals surface area contributed by atoms with Gasteiger partial charge in [-0.3, -0.25) is 0 Å². The third-order valence-corrected chi connectivity index (χ3v) is 2.29. The Morgan fingerprint density at radius 3 is 3.00 bits per heavy atom. The molecule has 0 radical (unpaired) electrons. The van der Waals surface area contributed by atoms with E-state index in [9.17, 15) is 5.11 Å². The monoisotopic (exact) mass is 176 g/mol. The van der Waals surface area contributed by atoms with Crippen molar-refractivity contribution in [1.82, 2.24) is 0 Å². The maximum absolute atomic E-state index is 10.0. The van der Waals surface area contributed by atoms with Crippen LogP contribution >= 0.6 is 0 Å². The molecule has 0 aliphatic carbocycles. The van der Waals surface area contributed by atoms with E-state index in [1.54, 1.807) is 13.8 Å². The molecule has 1 N–H and O–H groups in total. The van der Waals surface area contributed by atoms with Gasteiger partial charge < -0.3 is 14.6 Å². The van der Waals surface area contributed by atoms with Crippen molar-refractivity contribution < 1.29 is 20.1 Å². The van der Waals surface area contributed by atoms with Gasteiger partial charge in [0, 0.05) is 9.11 Å². The summed E-state index contributed by atoms with van der Waals surface area (Å²) in [5, 5.41) is 10.0. The van der Waals surface area contributed by atoms with Gasteiger partial charge in [0.15, 0.2) is 6.29 Å². The van der Waals surface area contributed by atoms with Gasteiger partial charge in [0.1, 0.15) is 6.10 Å². The largest absolute Gasteiger partial charge is 0.390 e. The van der Waals surface area contributed by atoms with Crippen molar-refractivity contribution in [3.05, 3.63) is 0 Å². The second-order valence-electron chi connectivity index (χ2n) is 3.55. The summed E-state index contributed by atoms with van der Waals surface area (Å²) in [6.45, 7) is 1.47. The first kappa shape index (κ1) is 4.94. The van der Waals surface area contributed by atoms with Gasteiger partial charge in [-0.05, 0) is 11.8 Å². The molecule has 12 heavy (non-hydrogen) atoms. The van der Waals surface area contributed by atoms with Gasteiger partial charge in [0.25, 0.3) is 0 Å². The molecule has 0 saturated carbocycles. The highest BCUT2D eigenvalue weighted by molar-refractivity contribution is 4.87. The van der Waals surface area contributed by atoms with Crippen LogP contribution in [0.3, 0.4) is 0 Å². The van der Waals surface area contributed by atoms with Crippen molar-refractivity contribution in [1.29, 1.82) is 0 Å². The van der Waals surface area contributed by atoms with E-state index in [1.165, 1.54) is 0 Å². The zero-order valence-electron chi connectivity index (χ0n) is 11.2. The van der Waals surface area contributed by atoms with Crippen LogP contribution in [-0.2, 0) is 9.47 Å². The third kappa shape index (κ3) is 1.26. The smallest absolute Gasteiger partial charge is 0.158 e. The van der Waals surface area contributed by atoms with Gasteiger partial charge in [-0.2, -0.15) is 0 Å². The van der Waals surface area contributed by atoms with E-state index in [2.05, 4.69) is 0 Å². The second kappa shape index (κ2) is 2.98. The Bertz CT molecular complexity index is 294. The van der Waals surface area contributed by atoms with Crippen molar-refractivity contribution in [2.45, 2.75) is 38.7 Å². The summed E-state index contributed by atoms with van der Waals surface area (Å²) in [5.74, 6) is -0.801. The van der Waals surface area contributed by atoms with Gasteiger partial charge in [-0.15, -0.1) is 0 Å². The zero-order chi connectivity index (χ0) is 12.3. The van der Waals surface area contributed by atoms with E-state index < -0.39 is 37.3 Å². The summed E-state index contributed by atoms with van der Waals surface area (Å²) in [7, 11) is 0. The quantitative estimate of drug-likeness (QED) is 0.641. The molecular formula is C9H16O3. The summed E-state index contributed by atoms with van der Waals surface area (Å²) in [6, 6.07) is 0. The minimum Gasteiger partial charge on any atom is -0.390 e. The number of hydrogen-bond donors (Lipinski definition) is 1. The number of fused-ring (bicyclic) bond motifs is 2. The molecule has 3 nitrogen and oxygen atoms in total. The summed E-state index contributed by atoms with van der Waals surface area (Å²) in [5.41, 5.74) is 0. The van der Waals surface area contributed by atoms with Crippen LogP contribution in [0.4, 0.5) is 0 Å². The molecule has 2 fully saturated rings. The minimum atomic E-state index is -2.12. The lowest BCUT2D eigenvalue weighted by atomic mass is 9.84. The number of aliphatic hydroxyl groups is 1. The van der Waals surface area contributed by atoms with E-state index in [0.29, 0.717) is 0 Å². The molecule has 2 saturated heterocycles. The molecule has 2 aliphatic heterocycles. The van der Waals surface area contributed by atoms with Gasteiger partial charge in [0.05, 0.1) is 15.4 Å². The molecule has 0 aromatic rings. The Balaban J connectivity index is 2.38. The molecule has 2 heterocycles. The Hall–Kier alpha value is -0.120. The molecule has 2 rings (SSSR count). The Kier molecular flexibility index (Phi) is 1.23. The van der Waals surface area contributed by atoms with E-state index in [-0.39, 0.29) is 5.92 Å². The summed E-state index contributed by atoms with van der Waals surface area (Å²) in [4.78, 5) is 0. The Morgan fingerprint density at radius 2 is 2.33 bits per heavy atom. The topological polar surface area (TPSA) is 38.7 Å². The summed E-state index contributed by atoms with van der Waals surface area (Å²) < 4.78 is 40.9. The van der Waals surface area contributed by atoms with Gasteiger partial charge in [0.2, 0.25) is 0 Å². The van der Waals surface area contributed by atoms with Crippen LogP contribution in [0.2, 0.25) is 0 Å². The maximum atomic E-state index is 10.0. The highest BCUT2D eigenvalue weighted by Gasteiger charge is 2.43. The molecule has 2 bridgehead atoms. The van der Waals surface area contributed by atoms with Crippen molar-refractivity contribution in [3.8, 4) is 0 Å². The molecule has 2 aliphatic rings. The summed E-state index contributed by atoms with van der Waals surface area (Å²) in [6.07, 6.45) is -5.41. The standard InChI is InChI=1S/C9H16O3/c1-5(2)6-3-8-11-4-7(12-8)9(6)10/h5-10H,3-4H2,1-2H3/t6-,7-,8-,9-/m0/s1/i3D2,4D2. The fourth-order valence-corrected chi connectivity index (χ4v) is 1.57. The van der Waals surface area contributed by atoms with Crippen LogP contribution < -0.4 is 0 Å². The molecule has 3 heteroatoms. The average molecular weight is 176 g/mol. The normalized spacial score (nSPS) is 60.3. The van der Waals surface area contributed by atoms with Crippen LogP contribution in [0.15, 0.2) is 0 Å². The molecule has 0 amide bonds. The first-order chi connectivity index (χ1) is 7.18. The Labute approximate surface area is 78.3 Å². The van der Waals surface area contributed by atoms with Crippen molar-refractivity contribution in [2.24, 2.45) is 11.8 Å². The number of aliphatic hydroxyl groups excluding tert-OH is 1. The number of ether oxygens (including phenoxy) is 2. The van der Waals surface area contributed by atoms with Crippen LogP contribution in [0.5, 0.6) is 0 Å². The predicted molar refractivity (Wildman–Crippen MR) is 43.6 cm³/mol. The third-order valence-electron chi connectivity index (χ3n) is 2.29. The predicted octanol–water partition coefficient (Wildman–Crippen LogP) is 0.765. The van der Waals surface area contributed by atoms with E-state index in [0.717, 1.165) is 0 Å². The van der Waals surface area contributed by atoms with Crippen LogP contribution in [0.1, 0.15) is 25.7 Å². The second-order valence-corrected chi connectivity index (χ2v) is 3.55. The van der Waals surface area contributed by atoms with Gasteiger partial charge >= 0.3 is 0 Å². The van der Waals surface area contributed by atoms with E-state index in [4.69, 9.17) is 15.0 Å². The highest BCUT2D eigenvalue weighted by atomic mass is 16.7. The van der Waals surface area contributed by atoms with Crippen molar-refractivity contribution >= 4 is 0 Å². The first-order valence-electron chi connectivity index (χ1n) is 6.19. The van der Waals surface area contributed by atoms with Gasteiger partial charge in [-0.25, -0.2) is 0 Å². The lowest BCUT2D eigenvalue weighted by Crippen LogP contribution is -2.42. The molecule has 0 aromatic carbocycles. The highest BCUT2D eigenvalue weighted by Crippen LogP contribution is 2.35. The molecule has 0 aromatic heterocycles. The van der Waals surface area contributed by atoms with Crippen LogP contribution in [0, 0.1) is 11.8 Å². The van der Waals surface area contributed by atoms with Crippen LogP contribution in [0.25, 0.3) is 0 Å². The molecule has 0 unspecified atom stereocenters. The van der Waals surface area contributed by atoms with Gasteiger partial charge in [-0.1, -0.05) is 13.8 Å². The lowest BCUT2D eigenvalue weighted by Gasteiger charge is -2.34. The first-order valence-corrected chi connectivity index (χ1v) is 4.19. The van der Waals surface area contributed by atoms with E-state index in [1.807, 2.05) is 0 Å².